The zero-order chi connectivity index (χ0) is 9.03. The van der Waals surface area contributed by atoms with Crippen molar-refractivity contribution in [3.05, 3.63) is 0 Å². The van der Waals surface area contributed by atoms with E-state index in [1.165, 1.54) is 12.8 Å². The monoisotopic (exact) mass is 170 g/mol. The molecule has 0 bridgehead atoms. The van der Waals surface area contributed by atoms with Crippen LogP contribution in [-0.2, 0) is 4.79 Å². The van der Waals surface area contributed by atoms with Gasteiger partial charge >= 0.3 is 0 Å². The number of hydrogen-bond acceptors (Lipinski definition) is 2. The maximum absolute atomic E-state index is 10.1. The molecular formula is C9H18N2O. The van der Waals surface area contributed by atoms with E-state index in [4.69, 9.17) is 0 Å². The first-order valence-electron chi connectivity index (χ1n) is 4.52. The smallest absolute Gasteiger partial charge is 0.207 e. The van der Waals surface area contributed by atoms with E-state index in [2.05, 4.69) is 24.2 Å². The summed E-state index contributed by atoms with van der Waals surface area (Å²) in [5, 5.41) is 2.77. The summed E-state index contributed by atoms with van der Waals surface area (Å²) in [4.78, 5) is 12.5. The van der Waals surface area contributed by atoms with Gasteiger partial charge in [0.15, 0.2) is 0 Å². The zero-order valence-corrected chi connectivity index (χ0v) is 7.97. The van der Waals surface area contributed by atoms with Crippen molar-refractivity contribution in [1.82, 2.24) is 10.2 Å². The summed E-state index contributed by atoms with van der Waals surface area (Å²) < 4.78 is 0. The van der Waals surface area contributed by atoms with Crippen LogP contribution in [0.25, 0.3) is 0 Å². The molecule has 0 spiro atoms. The minimum Gasteiger partial charge on any atom is -0.358 e. The molecule has 70 valence electrons. The maximum Gasteiger partial charge on any atom is 0.207 e. The normalized spacial score (nSPS) is 23.5. The largest absolute Gasteiger partial charge is 0.358 e. The topological polar surface area (TPSA) is 32.3 Å². The average Bonchev–Trinajstić information content (AvgIpc) is 2.08. The summed E-state index contributed by atoms with van der Waals surface area (Å²) in [5.41, 5.74) is 0.327. The highest BCUT2D eigenvalue weighted by Gasteiger charge is 2.28. The lowest BCUT2D eigenvalue weighted by Gasteiger charge is -2.37. The Kier molecular flexibility index (Phi) is 3.09. The van der Waals surface area contributed by atoms with E-state index in [9.17, 15) is 4.79 Å². The molecule has 0 aliphatic carbocycles. The van der Waals surface area contributed by atoms with Gasteiger partial charge in [0.2, 0.25) is 6.41 Å². The van der Waals surface area contributed by atoms with Gasteiger partial charge in [0.25, 0.3) is 0 Å². The molecule has 3 heteroatoms. The number of nitrogens with one attached hydrogen (secondary N) is 1. The highest BCUT2D eigenvalue weighted by Crippen LogP contribution is 2.28. The molecule has 1 heterocycles. The predicted molar refractivity (Wildman–Crippen MR) is 48.9 cm³/mol. The van der Waals surface area contributed by atoms with Crippen LogP contribution < -0.4 is 5.32 Å². The number of nitrogens with zero attached hydrogens (tertiary/aromatic N) is 1. The molecule has 1 saturated heterocycles. The van der Waals surface area contributed by atoms with Crippen LogP contribution >= 0.6 is 0 Å². The molecule has 0 aromatic rings. The molecule has 12 heavy (non-hydrogen) atoms. The van der Waals surface area contributed by atoms with E-state index in [1.807, 2.05) is 0 Å². The number of amides is 1. The highest BCUT2D eigenvalue weighted by molar-refractivity contribution is 5.45. The summed E-state index contributed by atoms with van der Waals surface area (Å²) in [6.07, 6.45) is 3.16. The van der Waals surface area contributed by atoms with Gasteiger partial charge < -0.3 is 10.2 Å². The first kappa shape index (κ1) is 9.52. The molecule has 0 saturated carbocycles. The Morgan fingerprint density at radius 3 is 2.58 bits per heavy atom. The van der Waals surface area contributed by atoms with Gasteiger partial charge in [0, 0.05) is 6.54 Å². The van der Waals surface area contributed by atoms with Crippen molar-refractivity contribution >= 4 is 6.41 Å². The lowest BCUT2D eigenvalue weighted by atomic mass is 9.80. The zero-order valence-electron chi connectivity index (χ0n) is 7.97. The van der Waals surface area contributed by atoms with Gasteiger partial charge in [-0.2, -0.15) is 0 Å². The molecule has 1 N–H and O–H groups in total. The first-order chi connectivity index (χ1) is 5.66. The fourth-order valence-electron chi connectivity index (χ4n) is 1.62. The Bertz CT molecular complexity index is 151. The van der Waals surface area contributed by atoms with E-state index >= 15 is 0 Å². The number of carbonyl (C=O) groups excluding carboxylic acids is 1. The lowest BCUT2D eigenvalue weighted by molar-refractivity contribution is -0.110. The molecule has 1 aliphatic heterocycles. The second-order valence-corrected chi connectivity index (χ2v) is 4.11. The second-order valence-electron chi connectivity index (χ2n) is 4.11. The van der Waals surface area contributed by atoms with Crippen molar-refractivity contribution < 1.29 is 4.79 Å². The Labute approximate surface area is 74.1 Å². The van der Waals surface area contributed by atoms with E-state index in [0.29, 0.717) is 5.41 Å². The SMILES string of the molecule is CN1CCC(C)(CNC=O)CC1. The summed E-state index contributed by atoms with van der Waals surface area (Å²) in [6, 6.07) is 0. The van der Waals surface area contributed by atoms with Crippen molar-refractivity contribution in [2.75, 3.05) is 26.7 Å². The average molecular weight is 170 g/mol. The van der Waals surface area contributed by atoms with Crippen molar-refractivity contribution in [3.63, 3.8) is 0 Å². The van der Waals surface area contributed by atoms with Crippen LogP contribution in [0.15, 0.2) is 0 Å². The Balaban J connectivity index is 2.33. The molecule has 0 radical (unpaired) electrons. The van der Waals surface area contributed by atoms with Crippen LogP contribution in [0.2, 0.25) is 0 Å². The molecule has 3 nitrogen and oxygen atoms in total. The quantitative estimate of drug-likeness (QED) is 0.624. The van der Waals surface area contributed by atoms with Crippen molar-refractivity contribution in [1.29, 1.82) is 0 Å². The van der Waals surface area contributed by atoms with Crippen LogP contribution in [0.5, 0.6) is 0 Å². The van der Waals surface area contributed by atoms with Gasteiger partial charge in [-0.25, -0.2) is 0 Å². The van der Waals surface area contributed by atoms with Crippen LogP contribution in [0, 0.1) is 5.41 Å². The fourth-order valence-corrected chi connectivity index (χ4v) is 1.62. The highest BCUT2D eigenvalue weighted by atomic mass is 16.1. The fraction of sp³-hybridized carbons (Fsp3) is 0.889. The molecule has 0 aromatic carbocycles. The summed E-state index contributed by atoms with van der Waals surface area (Å²) in [5.74, 6) is 0. The van der Waals surface area contributed by atoms with Gasteiger partial charge in [-0.05, 0) is 38.4 Å². The van der Waals surface area contributed by atoms with Gasteiger partial charge in [0.05, 0.1) is 0 Å². The lowest BCUT2D eigenvalue weighted by Crippen LogP contribution is -2.41. The van der Waals surface area contributed by atoms with E-state index < -0.39 is 0 Å². The Hall–Kier alpha value is -0.570. The van der Waals surface area contributed by atoms with Gasteiger partial charge in [-0.3, -0.25) is 4.79 Å². The van der Waals surface area contributed by atoms with Gasteiger partial charge in [-0.1, -0.05) is 6.92 Å². The second kappa shape index (κ2) is 3.90. The number of carbonyl (C=O) groups is 1. The molecule has 1 rings (SSSR count). The molecule has 0 atom stereocenters. The minimum atomic E-state index is 0.327. The number of rotatable bonds is 3. The van der Waals surface area contributed by atoms with E-state index in [0.717, 1.165) is 26.0 Å². The standard InChI is InChI=1S/C9H18N2O/c1-9(7-10-8-12)3-5-11(2)6-4-9/h8H,3-7H2,1-2H3,(H,10,12). The summed E-state index contributed by atoms with van der Waals surface area (Å²) in [7, 11) is 2.15. The predicted octanol–water partition coefficient (Wildman–Crippen LogP) is 0.464. The van der Waals surface area contributed by atoms with Gasteiger partial charge in [0.1, 0.15) is 0 Å². The van der Waals surface area contributed by atoms with Crippen molar-refractivity contribution in [2.45, 2.75) is 19.8 Å². The third-order valence-electron chi connectivity index (χ3n) is 2.81. The van der Waals surface area contributed by atoms with Crippen molar-refractivity contribution in [2.24, 2.45) is 5.41 Å². The summed E-state index contributed by atoms with van der Waals surface area (Å²) >= 11 is 0. The summed E-state index contributed by atoms with van der Waals surface area (Å²) in [6.45, 7) is 5.37. The minimum absolute atomic E-state index is 0.327. The Morgan fingerprint density at radius 1 is 1.50 bits per heavy atom. The Morgan fingerprint density at radius 2 is 2.08 bits per heavy atom. The van der Waals surface area contributed by atoms with Crippen LogP contribution in [0.4, 0.5) is 0 Å². The molecule has 0 aromatic heterocycles. The molecule has 1 aliphatic rings. The third kappa shape index (κ3) is 2.48. The van der Waals surface area contributed by atoms with Crippen LogP contribution in [-0.4, -0.2) is 38.0 Å². The van der Waals surface area contributed by atoms with Crippen LogP contribution in [0.3, 0.4) is 0 Å². The van der Waals surface area contributed by atoms with E-state index in [1.54, 1.807) is 0 Å². The first-order valence-corrected chi connectivity index (χ1v) is 4.52. The molecule has 1 amide bonds. The van der Waals surface area contributed by atoms with Gasteiger partial charge in [-0.15, -0.1) is 0 Å². The maximum atomic E-state index is 10.1. The molecule has 0 unspecified atom stereocenters. The third-order valence-corrected chi connectivity index (χ3v) is 2.81. The number of likely N-dealkylation sites (tertiary alicyclic amines) is 1. The molecule has 1 fully saturated rings. The number of hydrogen-bond donors (Lipinski definition) is 1. The van der Waals surface area contributed by atoms with Crippen molar-refractivity contribution in [3.8, 4) is 0 Å². The molecular weight excluding hydrogens is 152 g/mol. The van der Waals surface area contributed by atoms with E-state index in [-0.39, 0.29) is 0 Å². The number of piperidine rings is 1. The van der Waals surface area contributed by atoms with Crippen LogP contribution in [0.1, 0.15) is 19.8 Å².